The minimum Gasteiger partial charge on any atom is -0.382 e. The molecule has 0 atom stereocenters. The molecule has 0 radical (unpaired) electrons. The van der Waals surface area contributed by atoms with E-state index in [4.69, 9.17) is 5.73 Å². The molecule has 0 saturated carbocycles. The van der Waals surface area contributed by atoms with Gasteiger partial charge in [-0.05, 0) is 31.2 Å². The average Bonchev–Trinajstić information content (AvgIpc) is 2.42. The number of aryl methyl sites for hydroxylation is 1. The summed E-state index contributed by atoms with van der Waals surface area (Å²) in [5.74, 6) is 0.479. The van der Waals surface area contributed by atoms with Gasteiger partial charge in [0.05, 0.1) is 16.9 Å². The molecule has 3 rings (SSSR count). The van der Waals surface area contributed by atoms with E-state index in [1.807, 2.05) is 43.3 Å². The molecule has 2 heterocycles. The Morgan fingerprint density at radius 1 is 1.00 bits per heavy atom. The number of nitrogens with one attached hydrogen (secondary N) is 1. The van der Waals surface area contributed by atoms with E-state index >= 15 is 0 Å². The van der Waals surface area contributed by atoms with E-state index in [-0.39, 0.29) is 0 Å². The molecule has 0 amide bonds. The molecule has 1 aromatic carbocycles. The first-order valence-corrected chi connectivity index (χ1v) is 6.08. The van der Waals surface area contributed by atoms with Gasteiger partial charge in [0.25, 0.3) is 0 Å². The molecular weight excluding hydrogens is 236 g/mol. The molecule has 0 fully saturated rings. The minimum absolute atomic E-state index is 0.479. The van der Waals surface area contributed by atoms with Crippen LogP contribution in [0.2, 0.25) is 0 Å². The summed E-state index contributed by atoms with van der Waals surface area (Å²) in [5, 5.41) is 4.39. The predicted molar refractivity (Wildman–Crippen MR) is 78.4 cm³/mol. The lowest BCUT2D eigenvalue weighted by Crippen LogP contribution is -1.99. The maximum Gasteiger partial charge on any atom is 0.147 e. The van der Waals surface area contributed by atoms with Gasteiger partial charge in [-0.25, -0.2) is 4.98 Å². The zero-order valence-electron chi connectivity index (χ0n) is 10.6. The Kier molecular flexibility index (Phi) is 2.76. The van der Waals surface area contributed by atoms with E-state index in [9.17, 15) is 0 Å². The van der Waals surface area contributed by atoms with E-state index in [0.29, 0.717) is 5.82 Å². The number of nitrogens with two attached hydrogens (primary N) is 1. The van der Waals surface area contributed by atoms with Gasteiger partial charge in [-0.3, -0.25) is 4.98 Å². The van der Waals surface area contributed by atoms with Gasteiger partial charge in [-0.1, -0.05) is 18.2 Å². The third-order valence-electron chi connectivity index (χ3n) is 2.97. The van der Waals surface area contributed by atoms with Gasteiger partial charge >= 0.3 is 0 Å². The van der Waals surface area contributed by atoms with Crippen molar-refractivity contribution in [2.75, 3.05) is 11.1 Å². The number of para-hydroxylation sites is 1. The molecule has 3 N–H and O–H groups in total. The summed E-state index contributed by atoms with van der Waals surface area (Å²) in [6, 6.07) is 13.8. The van der Waals surface area contributed by atoms with Crippen molar-refractivity contribution in [3.05, 3.63) is 54.4 Å². The summed E-state index contributed by atoms with van der Waals surface area (Å²) >= 11 is 0. The van der Waals surface area contributed by atoms with Crippen molar-refractivity contribution in [3.63, 3.8) is 0 Å². The lowest BCUT2D eigenvalue weighted by Gasteiger charge is -2.10. The summed E-state index contributed by atoms with van der Waals surface area (Å²) in [5.41, 5.74) is 9.49. The van der Waals surface area contributed by atoms with Crippen LogP contribution in [0.15, 0.2) is 48.7 Å². The maximum absolute atomic E-state index is 5.85. The van der Waals surface area contributed by atoms with Gasteiger partial charge in [-0.2, -0.15) is 0 Å². The molecule has 4 nitrogen and oxygen atoms in total. The van der Waals surface area contributed by atoms with E-state index in [2.05, 4.69) is 21.4 Å². The summed E-state index contributed by atoms with van der Waals surface area (Å²) in [7, 11) is 0. The predicted octanol–water partition coefficient (Wildman–Crippen LogP) is 3.26. The summed E-state index contributed by atoms with van der Waals surface area (Å²) in [6.07, 6.45) is 1.67. The van der Waals surface area contributed by atoms with Gasteiger partial charge in [-0.15, -0.1) is 0 Å². The molecule has 0 aliphatic heterocycles. The topological polar surface area (TPSA) is 63.8 Å². The molecule has 4 heteroatoms. The lowest BCUT2D eigenvalue weighted by molar-refractivity contribution is 1.25. The zero-order chi connectivity index (χ0) is 13.2. The van der Waals surface area contributed by atoms with E-state index in [1.165, 1.54) is 0 Å². The highest BCUT2D eigenvalue weighted by atomic mass is 15.0. The number of aromatic nitrogens is 2. The molecule has 0 spiro atoms. The first-order valence-electron chi connectivity index (χ1n) is 6.08. The number of rotatable bonds is 2. The Morgan fingerprint density at radius 3 is 2.68 bits per heavy atom. The van der Waals surface area contributed by atoms with E-state index in [0.717, 1.165) is 28.0 Å². The third kappa shape index (κ3) is 2.20. The Balaban J connectivity index is 2.10. The van der Waals surface area contributed by atoms with Crippen LogP contribution in [0.5, 0.6) is 0 Å². The second kappa shape index (κ2) is 4.57. The molecule has 19 heavy (non-hydrogen) atoms. The Labute approximate surface area is 111 Å². The second-order valence-electron chi connectivity index (χ2n) is 4.39. The molecule has 2 aromatic heterocycles. The van der Waals surface area contributed by atoms with Crippen molar-refractivity contribution in [3.8, 4) is 0 Å². The fourth-order valence-corrected chi connectivity index (χ4v) is 2.01. The molecule has 0 saturated heterocycles. The number of nitrogens with zero attached hydrogens (tertiary/aromatic N) is 2. The number of anilines is 3. The third-order valence-corrected chi connectivity index (χ3v) is 2.97. The first kappa shape index (κ1) is 11.5. The molecule has 0 unspecified atom stereocenters. The molecule has 3 aromatic rings. The highest BCUT2D eigenvalue weighted by molar-refractivity contribution is 5.93. The van der Waals surface area contributed by atoms with Crippen LogP contribution < -0.4 is 11.1 Å². The summed E-state index contributed by atoms with van der Waals surface area (Å²) < 4.78 is 0. The van der Waals surface area contributed by atoms with Crippen LogP contribution in [0, 0.1) is 6.92 Å². The zero-order valence-corrected chi connectivity index (χ0v) is 10.6. The van der Waals surface area contributed by atoms with Crippen molar-refractivity contribution in [1.29, 1.82) is 0 Å². The quantitative estimate of drug-likeness (QED) is 0.732. The average molecular weight is 250 g/mol. The standard InChI is InChI=1S/C15H14N4/c1-10-7-8-11-4-2-5-12(14(11)18-10)19-13-6-3-9-17-15(13)16/h2-9,19H,1H3,(H2,16,17). The molecule has 0 aliphatic carbocycles. The van der Waals surface area contributed by atoms with Crippen molar-refractivity contribution >= 4 is 28.1 Å². The largest absolute Gasteiger partial charge is 0.382 e. The van der Waals surface area contributed by atoms with Crippen LogP contribution in [-0.4, -0.2) is 9.97 Å². The number of fused-ring (bicyclic) bond motifs is 1. The van der Waals surface area contributed by atoms with E-state index in [1.54, 1.807) is 6.20 Å². The molecule has 0 aliphatic rings. The second-order valence-corrected chi connectivity index (χ2v) is 4.39. The number of hydrogen-bond donors (Lipinski definition) is 2. The van der Waals surface area contributed by atoms with E-state index < -0.39 is 0 Å². The number of benzene rings is 1. The molecular formula is C15H14N4. The van der Waals surface area contributed by atoms with Crippen LogP contribution in [0.3, 0.4) is 0 Å². The van der Waals surface area contributed by atoms with Crippen LogP contribution in [0.1, 0.15) is 5.69 Å². The first-order chi connectivity index (χ1) is 9.24. The lowest BCUT2D eigenvalue weighted by atomic mass is 10.1. The fraction of sp³-hybridized carbons (Fsp3) is 0.0667. The van der Waals surface area contributed by atoms with Crippen LogP contribution >= 0.6 is 0 Å². The highest BCUT2D eigenvalue weighted by Crippen LogP contribution is 2.26. The summed E-state index contributed by atoms with van der Waals surface area (Å²) in [4.78, 5) is 8.65. The van der Waals surface area contributed by atoms with Gasteiger partial charge in [0, 0.05) is 17.3 Å². The van der Waals surface area contributed by atoms with Crippen molar-refractivity contribution in [2.45, 2.75) is 6.92 Å². The Bertz CT molecular complexity index is 737. The number of hydrogen-bond acceptors (Lipinski definition) is 4. The van der Waals surface area contributed by atoms with Crippen molar-refractivity contribution in [1.82, 2.24) is 9.97 Å². The molecule has 0 bridgehead atoms. The SMILES string of the molecule is Cc1ccc2cccc(Nc3cccnc3N)c2n1. The van der Waals surface area contributed by atoms with Gasteiger partial charge in [0.15, 0.2) is 0 Å². The Hall–Kier alpha value is -2.62. The van der Waals surface area contributed by atoms with Crippen LogP contribution in [0.25, 0.3) is 10.9 Å². The smallest absolute Gasteiger partial charge is 0.147 e. The minimum atomic E-state index is 0.479. The van der Waals surface area contributed by atoms with Crippen molar-refractivity contribution in [2.24, 2.45) is 0 Å². The number of nitrogen functional groups attached to an aromatic ring is 1. The van der Waals surface area contributed by atoms with Gasteiger partial charge < -0.3 is 11.1 Å². The fourth-order valence-electron chi connectivity index (χ4n) is 2.01. The monoisotopic (exact) mass is 250 g/mol. The maximum atomic E-state index is 5.85. The Morgan fingerprint density at radius 2 is 1.84 bits per heavy atom. The molecule has 94 valence electrons. The highest BCUT2D eigenvalue weighted by Gasteiger charge is 2.05. The van der Waals surface area contributed by atoms with Crippen LogP contribution in [-0.2, 0) is 0 Å². The number of pyridine rings is 2. The normalized spacial score (nSPS) is 10.6. The van der Waals surface area contributed by atoms with Crippen LogP contribution in [0.4, 0.5) is 17.2 Å². The van der Waals surface area contributed by atoms with Gasteiger partial charge in [0.1, 0.15) is 5.82 Å². The van der Waals surface area contributed by atoms with Gasteiger partial charge in [0.2, 0.25) is 0 Å². The van der Waals surface area contributed by atoms with Crippen molar-refractivity contribution < 1.29 is 0 Å². The summed E-state index contributed by atoms with van der Waals surface area (Å²) in [6.45, 7) is 1.98.